The number of benzene rings is 1. The zero-order valence-electron chi connectivity index (χ0n) is 11.5. The summed E-state index contributed by atoms with van der Waals surface area (Å²) in [6.45, 7) is 2.38. The van der Waals surface area contributed by atoms with Gasteiger partial charge in [0.25, 0.3) is 0 Å². The maximum atomic E-state index is 10.7. The highest BCUT2D eigenvalue weighted by Gasteiger charge is 2.12. The Kier molecular flexibility index (Phi) is 6.74. The van der Waals surface area contributed by atoms with Crippen molar-refractivity contribution in [2.45, 2.75) is 13.3 Å². The summed E-state index contributed by atoms with van der Waals surface area (Å²) in [7, 11) is 0. The second-order valence-corrected chi connectivity index (χ2v) is 4.85. The first kappa shape index (κ1) is 17.0. The number of halogens is 1. The van der Waals surface area contributed by atoms with Crippen LogP contribution in [0.5, 0.6) is 11.5 Å². The Labute approximate surface area is 130 Å². The van der Waals surface area contributed by atoms with Crippen molar-refractivity contribution in [1.82, 2.24) is 0 Å². The summed E-state index contributed by atoms with van der Waals surface area (Å²) >= 11 is 3.34. The number of ether oxygens (including phenoxy) is 2. The van der Waals surface area contributed by atoms with Gasteiger partial charge in [-0.3, -0.25) is 4.79 Å². The molecule has 1 rings (SSSR count). The molecule has 0 radical (unpaired) electrons. The molecule has 21 heavy (non-hydrogen) atoms. The summed E-state index contributed by atoms with van der Waals surface area (Å²) in [6.07, 6.45) is 2.58. The van der Waals surface area contributed by atoms with Crippen LogP contribution in [0, 0.1) is 0 Å². The molecule has 3 N–H and O–H groups in total. The Balaban J connectivity index is 3.00. The van der Waals surface area contributed by atoms with E-state index in [1.807, 2.05) is 6.92 Å². The number of carboxylic acid groups (broad SMARTS) is 1. The summed E-state index contributed by atoms with van der Waals surface area (Å²) in [5, 5.41) is 8.64. The minimum atomic E-state index is -1.04. The van der Waals surface area contributed by atoms with Crippen LogP contribution in [-0.2, 0) is 9.59 Å². The maximum absolute atomic E-state index is 10.7. The topological polar surface area (TPSA) is 98.8 Å². The van der Waals surface area contributed by atoms with E-state index in [1.54, 1.807) is 12.1 Å². The molecule has 1 aromatic carbocycles. The van der Waals surface area contributed by atoms with Crippen molar-refractivity contribution in [3.8, 4) is 11.5 Å². The van der Waals surface area contributed by atoms with Gasteiger partial charge in [0.15, 0.2) is 11.5 Å². The van der Waals surface area contributed by atoms with Crippen LogP contribution in [0.4, 0.5) is 0 Å². The molecule has 0 heterocycles. The van der Waals surface area contributed by atoms with Crippen LogP contribution in [0.25, 0.3) is 6.08 Å². The second-order valence-electron chi connectivity index (χ2n) is 4.00. The van der Waals surface area contributed by atoms with Gasteiger partial charge < -0.3 is 20.3 Å². The third kappa shape index (κ3) is 5.86. The lowest BCUT2D eigenvalue weighted by molar-refractivity contribution is -0.131. The lowest BCUT2D eigenvalue weighted by Gasteiger charge is -2.14. The number of primary amides is 1. The van der Waals surface area contributed by atoms with Gasteiger partial charge in [-0.1, -0.05) is 0 Å². The molecule has 0 atom stereocenters. The fraction of sp³-hybridized carbons (Fsp3) is 0.286. The van der Waals surface area contributed by atoms with E-state index in [0.29, 0.717) is 28.1 Å². The van der Waals surface area contributed by atoms with Gasteiger partial charge in [-0.05, 0) is 46.6 Å². The molecule has 0 aromatic heterocycles. The van der Waals surface area contributed by atoms with E-state index in [2.05, 4.69) is 15.9 Å². The first-order valence-corrected chi connectivity index (χ1v) is 7.01. The average Bonchev–Trinajstić information content (AvgIpc) is 2.39. The van der Waals surface area contributed by atoms with Crippen LogP contribution >= 0.6 is 15.9 Å². The van der Waals surface area contributed by atoms with Crippen molar-refractivity contribution >= 4 is 33.9 Å². The normalized spacial score (nSPS) is 10.6. The van der Waals surface area contributed by atoms with Gasteiger partial charge in [0.2, 0.25) is 5.91 Å². The third-order valence-electron chi connectivity index (χ3n) is 2.34. The fourth-order valence-corrected chi connectivity index (χ4v) is 2.08. The van der Waals surface area contributed by atoms with Gasteiger partial charge >= 0.3 is 5.97 Å². The number of nitrogens with two attached hydrogens (primary N) is 1. The van der Waals surface area contributed by atoms with E-state index in [9.17, 15) is 9.59 Å². The quantitative estimate of drug-likeness (QED) is 0.694. The Morgan fingerprint density at radius 2 is 2.10 bits per heavy atom. The van der Waals surface area contributed by atoms with Crippen molar-refractivity contribution in [2.24, 2.45) is 5.73 Å². The van der Waals surface area contributed by atoms with E-state index in [0.717, 1.165) is 6.08 Å². The fourth-order valence-electron chi connectivity index (χ4n) is 1.51. The summed E-state index contributed by atoms with van der Waals surface area (Å²) < 4.78 is 11.6. The van der Waals surface area contributed by atoms with Gasteiger partial charge in [-0.2, -0.15) is 0 Å². The molecule has 1 aromatic rings. The predicted octanol–water partition coefficient (Wildman–Crippen LogP) is 2.20. The lowest BCUT2D eigenvalue weighted by atomic mass is 10.2. The maximum Gasteiger partial charge on any atom is 0.328 e. The number of carbonyl (C=O) groups excluding carboxylic acids is 1. The van der Waals surface area contributed by atoms with Crippen LogP contribution in [0.1, 0.15) is 18.9 Å². The SMILES string of the molecule is CCOc1cc(/C=C/C(=O)O)cc(Br)c1OCCC(N)=O. The van der Waals surface area contributed by atoms with Crippen molar-refractivity contribution in [3.05, 3.63) is 28.2 Å². The number of amides is 1. The number of rotatable bonds is 8. The van der Waals surface area contributed by atoms with Crippen molar-refractivity contribution < 1.29 is 24.2 Å². The lowest BCUT2D eigenvalue weighted by Crippen LogP contribution is -2.15. The molecule has 0 aliphatic rings. The molecule has 0 fully saturated rings. The number of aliphatic carboxylic acids is 1. The molecule has 0 aliphatic carbocycles. The van der Waals surface area contributed by atoms with Gasteiger partial charge in [0, 0.05) is 6.08 Å². The molecule has 0 spiro atoms. The molecule has 0 saturated carbocycles. The summed E-state index contributed by atoms with van der Waals surface area (Å²) in [5.74, 6) is -0.581. The summed E-state index contributed by atoms with van der Waals surface area (Å²) in [5.41, 5.74) is 5.70. The summed E-state index contributed by atoms with van der Waals surface area (Å²) in [4.78, 5) is 21.3. The standard InChI is InChI=1S/C14H16BrNO5/c1-2-20-11-8-9(3-4-13(18)19)7-10(15)14(11)21-6-5-12(16)17/h3-4,7-8H,2,5-6H2,1H3,(H2,16,17)(H,18,19)/b4-3+. The molecule has 1 amide bonds. The minimum absolute atomic E-state index is 0.0959. The van der Waals surface area contributed by atoms with Crippen LogP contribution in [-0.4, -0.2) is 30.2 Å². The van der Waals surface area contributed by atoms with E-state index in [1.165, 1.54) is 6.08 Å². The highest BCUT2D eigenvalue weighted by molar-refractivity contribution is 9.10. The molecule has 7 heteroatoms. The van der Waals surface area contributed by atoms with E-state index in [-0.39, 0.29) is 13.0 Å². The highest BCUT2D eigenvalue weighted by atomic mass is 79.9. The van der Waals surface area contributed by atoms with Gasteiger partial charge in [-0.15, -0.1) is 0 Å². The van der Waals surface area contributed by atoms with Crippen molar-refractivity contribution in [2.75, 3.05) is 13.2 Å². The number of carboxylic acids is 1. The Bertz CT molecular complexity index is 557. The van der Waals surface area contributed by atoms with E-state index >= 15 is 0 Å². The van der Waals surface area contributed by atoms with Crippen LogP contribution in [0.3, 0.4) is 0 Å². The third-order valence-corrected chi connectivity index (χ3v) is 2.93. The highest BCUT2D eigenvalue weighted by Crippen LogP contribution is 2.37. The van der Waals surface area contributed by atoms with E-state index in [4.69, 9.17) is 20.3 Å². The first-order chi connectivity index (χ1) is 9.93. The Morgan fingerprint density at radius 1 is 1.38 bits per heavy atom. The Morgan fingerprint density at radius 3 is 2.67 bits per heavy atom. The zero-order valence-corrected chi connectivity index (χ0v) is 13.1. The molecule has 114 valence electrons. The van der Waals surface area contributed by atoms with Gasteiger partial charge in [0.1, 0.15) is 0 Å². The number of hydrogen-bond acceptors (Lipinski definition) is 4. The van der Waals surface area contributed by atoms with Crippen LogP contribution in [0.15, 0.2) is 22.7 Å². The van der Waals surface area contributed by atoms with Gasteiger partial charge in [-0.25, -0.2) is 4.79 Å². The molecule has 6 nitrogen and oxygen atoms in total. The molecule has 0 aliphatic heterocycles. The summed E-state index contributed by atoms with van der Waals surface area (Å²) in [6, 6.07) is 3.36. The first-order valence-electron chi connectivity index (χ1n) is 6.22. The minimum Gasteiger partial charge on any atom is -0.490 e. The van der Waals surface area contributed by atoms with Crippen molar-refractivity contribution in [1.29, 1.82) is 0 Å². The van der Waals surface area contributed by atoms with Crippen LogP contribution < -0.4 is 15.2 Å². The van der Waals surface area contributed by atoms with Crippen LogP contribution in [0.2, 0.25) is 0 Å². The average molecular weight is 358 g/mol. The van der Waals surface area contributed by atoms with Gasteiger partial charge in [0.05, 0.1) is 24.1 Å². The molecule has 0 saturated heterocycles. The van der Waals surface area contributed by atoms with Crippen molar-refractivity contribution in [3.63, 3.8) is 0 Å². The largest absolute Gasteiger partial charge is 0.490 e. The predicted molar refractivity (Wildman–Crippen MR) is 81.3 cm³/mol. The zero-order chi connectivity index (χ0) is 15.8. The smallest absolute Gasteiger partial charge is 0.328 e. The molecular formula is C14H16BrNO5. The molecule has 0 bridgehead atoms. The second kappa shape index (κ2) is 8.31. The molecular weight excluding hydrogens is 342 g/mol. The number of carbonyl (C=O) groups is 2. The Hall–Kier alpha value is -2.02. The molecule has 0 unspecified atom stereocenters. The monoisotopic (exact) mass is 357 g/mol. The number of hydrogen-bond donors (Lipinski definition) is 2. The van der Waals surface area contributed by atoms with E-state index < -0.39 is 11.9 Å².